The minimum atomic E-state index is -0.0344. The van der Waals surface area contributed by atoms with Crippen molar-refractivity contribution in [2.24, 2.45) is 5.92 Å². The predicted octanol–water partition coefficient (Wildman–Crippen LogP) is 2.60. The molecule has 0 N–H and O–H groups in total. The standard InChI is InChI=1S/C12H16O2/c13-12-9-10-7-5-3-1-2-4-6-8-11(10)14-12/h2,4,6,8,10-11H,1,3,5,7,9H2. The van der Waals surface area contributed by atoms with E-state index in [-0.39, 0.29) is 12.1 Å². The van der Waals surface area contributed by atoms with Gasteiger partial charge in [-0.1, -0.05) is 24.6 Å². The third-order valence-electron chi connectivity index (χ3n) is 2.90. The third kappa shape index (κ3) is 2.25. The molecule has 0 radical (unpaired) electrons. The van der Waals surface area contributed by atoms with Crippen molar-refractivity contribution in [3.05, 3.63) is 24.3 Å². The summed E-state index contributed by atoms with van der Waals surface area (Å²) in [6.45, 7) is 0. The Balaban J connectivity index is 2.06. The lowest BCUT2D eigenvalue weighted by atomic mass is 9.93. The molecule has 1 fully saturated rings. The van der Waals surface area contributed by atoms with E-state index in [0.29, 0.717) is 12.3 Å². The number of carbonyl (C=O) groups excluding carboxylic acids is 1. The molecule has 0 amide bonds. The van der Waals surface area contributed by atoms with Gasteiger partial charge < -0.3 is 4.74 Å². The SMILES string of the molecule is O=C1CC2CCCCC=CC=CC2O1. The molecule has 2 aliphatic rings. The number of allylic oxidation sites excluding steroid dienone is 3. The summed E-state index contributed by atoms with van der Waals surface area (Å²) in [7, 11) is 0. The largest absolute Gasteiger partial charge is 0.458 e. The fraction of sp³-hybridized carbons (Fsp3) is 0.583. The summed E-state index contributed by atoms with van der Waals surface area (Å²) in [4.78, 5) is 11.1. The maximum Gasteiger partial charge on any atom is 0.306 e. The molecule has 76 valence electrons. The molecule has 0 bridgehead atoms. The quantitative estimate of drug-likeness (QED) is 0.551. The van der Waals surface area contributed by atoms with Gasteiger partial charge in [-0.15, -0.1) is 0 Å². The monoisotopic (exact) mass is 192 g/mol. The molecule has 2 atom stereocenters. The molecule has 0 spiro atoms. The van der Waals surface area contributed by atoms with Gasteiger partial charge >= 0.3 is 5.97 Å². The van der Waals surface area contributed by atoms with Gasteiger partial charge in [-0.3, -0.25) is 4.79 Å². The molecular weight excluding hydrogens is 176 g/mol. The van der Waals surface area contributed by atoms with E-state index in [1.165, 1.54) is 12.8 Å². The second kappa shape index (κ2) is 4.45. The number of ether oxygens (including phenoxy) is 1. The Labute approximate surface area is 84.6 Å². The maximum absolute atomic E-state index is 11.1. The first-order valence-electron chi connectivity index (χ1n) is 5.39. The van der Waals surface area contributed by atoms with Crippen LogP contribution in [-0.2, 0) is 9.53 Å². The lowest BCUT2D eigenvalue weighted by Crippen LogP contribution is -2.13. The van der Waals surface area contributed by atoms with Crippen LogP contribution in [0.2, 0.25) is 0 Å². The second-order valence-corrected chi connectivity index (χ2v) is 4.02. The normalized spacial score (nSPS) is 32.4. The summed E-state index contributed by atoms with van der Waals surface area (Å²) >= 11 is 0. The molecule has 2 unspecified atom stereocenters. The van der Waals surface area contributed by atoms with Crippen LogP contribution in [0.1, 0.15) is 32.1 Å². The van der Waals surface area contributed by atoms with E-state index in [4.69, 9.17) is 4.74 Å². The molecule has 1 heterocycles. The van der Waals surface area contributed by atoms with Crippen LogP contribution in [0, 0.1) is 5.92 Å². The van der Waals surface area contributed by atoms with Crippen molar-refractivity contribution < 1.29 is 9.53 Å². The minimum absolute atomic E-state index is 0.0326. The molecule has 0 aromatic rings. The lowest BCUT2D eigenvalue weighted by Gasteiger charge is -2.13. The van der Waals surface area contributed by atoms with Crippen LogP contribution in [-0.4, -0.2) is 12.1 Å². The van der Waals surface area contributed by atoms with Gasteiger partial charge in [-0.2, -0.15) is 0 Å². The zero-order chi connectivity index (χ0) is 9.80. The zero-order valence-corrected chi connectivity index (χ0v) is 8.32. The number of hydrogen-bond acceptors (Lipinski definition) is 2. The topological polar surface area (TPSA) is 26.3 Å². The summed E-state index contributed by atoms with van der Waals surface area (Å²) in [5.74, 6) is 0.387. The number of esters is 1. The fourth-order valence-corrected chi connectivity index (χ4v) is 2.11. The van der Waals surface area contributed by atoms with Crippen LogP contribution in [0.3, 0.4) is 0 Å². The summed E-state index contributed by atoms with van der Waals surface area (Å²) in [6.07, 6.45) is 13.6. The summed E-state index contributed by atoms with van der Waals surface area (Å²) in [5, 5.41) is 0. The molecule has 14 heavy (non-hydrogen) atoms. The van der Waals surface area contributed by atoms with Gasteiger partial charge in [0.25, 0.3) is 0 Å². The van der Waals surface area contributed by atoms with Crippen LogP contribution < -0.4 is 0 Å². The van der Waals surface area contributed by atoms with Crippen LogP contribution in [0.25, 0.3) is 0 Å². The van der Waals surface area contributed by atoms with E-state index >= 15 is 0 Å². The van der Waals surface area contributed by atoms with Gasteiger partial charge in [-0.25, -0.2) is 0 Å². The van der Waals surface area contributed by atoms with Gasteiger partial charge in [0, 0.05) is 5.92 Å². The highest BCUT2D eigenvalue weighted by Crippen LogP contribution is 2.28. The predicted molar refractivity (Wildman–Crippen MR) is 54.7 cm³/mol. The molecule has 2 nitrogen and oxygen atoms in total. The van der Waals surface area contributed by atoms with E-state index in [1.54, 1.807) is 0 Å². The highest BCUT2D eigenvalue weighted by atomic mass is 16.5. The average molecular weight is 192 g/mol. The van der Waals surface area contributed by atoms with Crippen molar-refractivity contribution >= 4 is 5.97 Å². The molecule has 2 heteroatoms. The third-order valence-corrected chi connectivity index (χ3v) is 2.90. The lowest BCUT2D eigenvalue weighted by molar-refractivity contribution is -0.140. The zero-order valence-electron chi connectivity index (χ0n) is 8.32. The van der Waals surface area contributed by atoms with E-state index in [2.05, 4.69) is 12.2 Å². The summed E-state index contributed by atoms with van der Waals surface area (Å²) in [5.41, 5.74) is 0. The molecular formula is C12H16O2. The van der Waals surface area contributed by atoms with Crippen LogP contribution in [0.15, 0.2) is 24.3 Å². The Morgan fingerprint density at radius 3 is 3.14 bits per heavy atom. The van der Waals surface area contributed by atoms with Crippen molar-refractivity contribution in [2.75, 3.05) is 0 Å². The molecule has 1 aliphatic heterocycles. The smallest absolute Gasteiger partial charge is 0.306 e. The Morgan fingerprint density at radius 1 is 1.29 bits per heavy atom. The molecule has 0 saturated carbocycles. The molecule has 1 saturated heterocycles. The van der Waals surface area contributed by atoms with E-state index in [1.807, 2.05) is 12.2 Å². The summed E-state index contributed by atoms with van der Waals surface area (Å²) < 4.78 is 5.24. The van der Waals surface area contributed by atoms with Gasteiger partial charge in [0.15, 0.2) is 0 Å². The Bertz CT molecular complexity index is 265. The molecule has 1 aliphatic carbocycles. The van der Waals surface area contributed by atoms with Gasteiger partial charge in [0.05, 0.1) is 6.42 Å². The average Bonchev–Trinajstić information content (AvgIpc) is 2.52. The van der Waals surface area contributed by atoms with E-state index in [9.17, 15) is 4.79 Å². The molecule has 0 aromatic carbocycles. The second-order valence-electron chi connectivity index (χ2n) is 4.02. The highest BCUT2D eigenvalue weighted by molar-refractivity contribution is 5.72. The minimum Gasteiger partial charge on any atom is -0.458 e. The summed E-state index contributed by atoms with van der Waals surface area (Å²) in [6, 6.07) is 0. The first kappa shape index (κ1) is 9.50. The van der Waals surface area contributed by atoms with Crippen molar-refractivity contribution in [2.45, 2.75) is 38.2 Å². The van der Waals surface area contributed by atoms with Gasteiger partial charge in [0.2, 0.25) is 0 Å². The number of carbonyl (C=O) groups is 1. The highest BCUT2D eigenvalue weighted by Gasteiger charge is 2.32. The molecule has 2 rings (SSSR count). The van der Waals surface area contributed by atoms with Crippen molar-refractivity contribution in [1.29, 1.82) is 0 Å². The molecule has 0 aromatic heterocycles. The van der Waals surface area contributed by atoms with E-state index < -0.39 is 0 Å². The fourth-order valence-electron chi connectivity index (χ4n) is 2.11. The van der Waals surface area contributed by atoms with Crippen molar-refractivity contribution in [1.82, 2.24) is 0 Å². The van der Waals surface area contributed by atoms with Gasteiger partial charge in [-0.05, 0) is 25.3 Å². The Morgan fingerprint density at radius 2 is 2.21 bits per heavy atom. The number of hydrogen-bond donors (Lipinski definition) is 0. The number of rotatable bonds is 0. The first-order chi connectivity index (χ1) is 6.86. The first-order valence-corrected chi connectivity index (χ1v) is 5.39. The van der Waals surface area contributed by atoms with Crippen LogP contribution in [0.5, 0.6) is 0 Å². The van der Waals surface area contributed by atoms with Crippen LogP contribution in [0.4, 0.5) is 0 Å². The Kier molecular flexibility index (Phi) is 3.02. The number of fused-ring (bicyclic) bond motifs is 1. The van der Waals surface area contributed by atoms with E-state index in [0.717, 1.165) is 12.8 Å². The maximum atomic E-state index is 11.1. The van der Waals surface area contributed by atoms with Gasteiger partial charge in [0.1, 0.15) is 6.10 Å². The Hall–Kier alpha value is -1.05. The van der Waals surface area contributed by atoms with Crippen LogP contribution >= 0.6 is 0 Å². The van der Waals surface area contributed by atoms with Crippen molar-refractivity contribution in [3.63, 3.8) is 0 Å². The van der Waals surface area contributed by atoms with Crippen molar-refractivity contribution in [3.8, 4) is 0 Å².